The minimum atomic E-state index is -0.230. The zero-order valence-electron chi connectivity index (χ0n) is 11.8. The summed E-state index contributed by atoms with van der Waals surface area (Å²) in [6.07, 6.45) is 1.60. The second-order valence-electron chi connectivity index (χ2n) is 5.02. The molecular formula is C17H13N3O2. The van der Waals surface area contributed by atoms with Crippen LogP contribution in [0.5, 0.6) is 11.5 Å². The highest BCUT2D eigenvalue weighted by molar-refractivity contribution is 5.90. The summed E-state index contributed by atoms with van der Waals surface area (Å²) in [5.41, 5.74) is 3.70. The highest BCUT2D eigenvalue weighted by atomic mass is 16.3. The smallest absolute Gasteiger partial charge is 0.157 e. The Labute approximate surface area is 126 Å². The minimum absolute atomic E-state index is 0.199. The Hall–Kier alpha value is -3.26. The molecule has 0 fully saturated rings. The summed E-state index contributed by atoms with van der Waals surface area (Å²) in [4.78, 5) is 7.52. The van der Waals surface area contributed by atoms with E-state index >= 15 is 0 Å². The molecule has 1 heterocycles. The molecule has 0 bridgehead atoms. The number of nitrogens with one attached hydrogen (secondary N) is 1. The van der Waals surface area contributed by atoms with Gasteiger partial charge in [-0.15, -0.1) is 0 Å². The Kier molecular flexibility index (Phi) is 3.28. The van der Waals surface area contributed by atoms with E-state index in [0.29, 0.717) is 17.0 Å². The Bertz CT molecular complexity index is 933. The van der Waals surface area contributed by atoms with Crippen molar-refractivity contribution in [2.75, 3.05) is 0 Å². The molecule has 0 radical (unpaired) electrons. The fraction of sp³-hybridized carbons (Fsp3) is 0.0588. The Morgan fingerprint density at radius 2 is 2.00 bits per heavy atom. The largest absolute Gasteiger partial charge is 0.504 e. The molecule has 3 aromatic rings. The minimum Gasteiger partial charge on any atom is -0.504 e. The molecule has 0 spiro atoms. The van der Waals surface area contributed by atoms with Gasteiger partial charge in [0.1, 0.15) is 11.9 Å². The first-order valence-corrected chi connectivity index (χ1v) is 6.67. The van der Waals surface area contributed by atoms with Crippen molar-refractivity contribution in [3.8, 4) is 17.6 Å². The van der Waals surface area contributed by atoms with Crippen LogP contribution >= 0.6 is 0 Å². The number of aryl methyl sites for hydroxylation is 1. The summed E-state index contributed by atoms with van der Waals surface area (Å²) in [5.74, 6) is 0.0387. The first-order chi connectivity index (χ1) is 10.6. The van der Waals surface area contributed by atoms with Crippen LogP contribution in [-0.2, 0) is 0 Å². The zero-order valence-corrected chi connectivity index (χ0v) is 11.8. The molecule has 1 aromatic heterocycles. The van der Waals surface area contributed by atoms with Crippen LogP contribution in [0, 0.1) is 18.3 Å². The van der Waals surface area contributed by atoms with Crippen LogP contribution in [0.15, 0.2) is 36.4 Å². The molecule has 108 valence electrons. The molecule has 3 N–H and O–H groups in total. The third-order valence-electron chi connectivity index (χ3n) is 3.32. The molecule has 0 amide bonds. The molecule has 3 rings (SSSR count). The summed E-state index contributed by atoms with van der Waals surface area (Å²) in [7, 11) is 0. The average Bonchev–Trinajstić information content (AvgIpc) is 2.91. The number of rotatable bonds is 2. The molecule has 0 saturated heterocycles. The number of allylic oxidation sites excluding steroid dienone is 1. The molecule has 0 unspecified atom stereocenters. The second kappa shape index (κ2) is 5.26. The van der Waals surface area contributed by atoms with Crippen LogP contribution in [0.3, 0.4) is 0 Å². The van der Waals surface area contributed by atoms with Crippen LogP contribution < -0.4 is 0 Å². The van der Waals surface area contributed by atoms with Crippen LogP contribution in [0.4, 0.5) is 0 Å². The molecule has 0 atom stereocenters. The van der Waals surface area contributed by atoms with Gasteiger partial charge in [-0.05, 0) is 48.4 Å². The molecular weight excluding hydrogens is 278 g/mol. The van der Waals surface area contributed by atoms with Crippen molar-refractivity contribution in [3.05, 3.63) is 53.3 Å². The predicted molar refractivity (Wildman–Crippen MR) is 84.1 cm³/mol. The molecule has 0 aliphatic heterocycles. The lowest BCUT2D eigenvalue weighted by Crippen LogP contribution is -1.85. The van der Waals surface area contributed by atoms with Crippen molar-refractivity contribution in [3.63, 3.8) is 0 Å². The number of phenolic OH excluding ortho intramolecular Hbond substituents is 2. The molecule has 2 aromatic carbocycles. The first kappa shape index (κ1) is 13.7. The van der Waals surface area contributed by atoms with E-state index in [-0.39, 0.29) is 11.5 Å². The number of H-pyrrole nitrogens is 1. The van der Waals surface area contributed by atoms with E-state index < -0.39 is 0 Å². The van der Waals surface area contributed by atoms with Gasteiger partial charge in [-0.25, -0.2) is 4.98 Å². The Morgan fingerprint density at radius 1 is 1.18 bits per heavy atom. The van der Waals surface area contributed by atoms with Crippen LogP contribution in [0.25, 0.3) is 22.7 Å². The quantitative estimate of drug-likeness (QED) is 0.498. The third-order valence-corrected chi connectivity index (χ3v) is 3.32. The number of nitrogens with zero attached hydrogens (tertiary/aromatic N) is 2. The highest BCUT2D eigenvalue weighted by Gasteiger charge is 2.09. The van der Waals surface area contributed by atoms with E-state index in [9.17, 15) is 15.5 Å². The fourth-order valence-corrected chi connectivity index (χ4v) is 2.20. The number of phenols is 2. The number of aromatic nitrogens is 2. The van der Waals surface area contributed by atoms with E-state index in [0.717, 1.165) is 16.6 Å². The Balaban J connectivity index is 2.07. The normalized spacial score (nSPS) is 11.5. The van der Waals surface area contributed by atoms with Crippen molar-refractivity contribution >= 4 is 22.7 Å². The van der Waals surface area contributed by atoms with Crippen LogP contribution in [0.1, 0.15) is 17.0 Å². The second-order valence-corrected chi connectivity index (χ2v) is 5.02. The molecule has 22 heavy (non-hydrogen) atoms. The SMILES string of the molecule is Cc1ccc2nc(/C(C#N)=C/c3ccc(O)c(O)c3)[nH]c2c1. The maximum atomic E-state index is 9.52. The lowest BCUT2D eigenvalue weighted by Gasteiger charge is -1.99. The topological polar surface area (TPSA) is 92.9 Å². The van der Waals surface area contributed by atoms with Gasteiger partial charge in [0.2, 0.25) is 0 Å². The highest BCUT2D eigenvalue weighted by Crippen LogP contribution is 2.27. The van der Waals surface area contributed by atoms with Gasteiger partial charge in [-0.2, -0.15) is 5.26 Å². The number of aromatic amines is 1. The Morgan fingerprint density at radius 3 is 2.73 bits per heavy atom. The summed E-state index contributed by atoms with van der Waals surface area (Å²) >= 11 is 0. The zero-order chi connectivity index (χ0) is 15.7. The van der Waals surface area contributed by atoms with Gasteiger partial charge in [0.15, 0.2) is 11.5 Å². The maximum absolute atomic E-state index is 9.52. The number of benzene rings is 2. The summed E-state index contributed by atoms with van der Waals surface area (Å²) in [5, 5.41) is 28.2. The molecule has 5 heteroatoms. The van der Waals surface area contributed by atoms with Crippen molar-refractivity contribution in [2.45, 2.75) is 6.92 Å². The van der Waals surface area contributed by atoms with Gasteiger partial charge in [0.05, 0.1) is 16.6 Å². The summed E-state index contributed by atoms with van der Waals surface area (Å²) in [6, 6.07) is 12.3. The molecule has 5 nitrogen and oxygen atoms in total. The fourth-order valence-electron chi connectivity index (χ4n) is 2.20. The number of hydrogen-bond acceptors (Lipinski definition) is 4. The number of imidazole rings is 1. The van der Waals surface area contributed by atoms with E-state index in [1.165, 1.54) is 12.1 Å². The van der Waals surface area contributed by atoms with Crippen molar-refractivity contribution in [1.82, 2.24) is 9.97 Å². The van der Waals surface area contributed by atoms with Crippen molar-refractivity contribution < 1.29 is 10.2 Å². The number of fused-ring (bicyclic) bond motifs is 1. The van der Waals surface area contributed by atoms with Gasteiger partial charge in [0.25, 0.3) is 0 Å². The first-order valence-electron chi connectivity index (χ1n) is 6.67. The van der Waals surface area contributed by atoms with E-state index in [4.69, 9.17) is 0 Å². The average molecular weight is 291 g/mol. The number of aromatic hydroxyl groups is 2. The van der Waals surface area contributed by atoms with Gasteiger partial charge in [-0.1, -0.05) is 12.1 Å². The number of nitriles is 1. The molecule has 0 saturated carbocycles. The summed E-state index contributed by atoms with van der Waals surface area (Å²) in [6.45, 7) is 1.99. The molecule has 0 aliphatic rings. The van der Waals surface area contributed by atoms with Gasteiger partial charge in [-0.3, -0.25) is 0 Å². The van der Waals surface area contributed by atoms with Crippen molar-refractivity contribution in [2.24, 2.45) is 0 Å². The van der Waals surface area contributed by atoms with Gasteiger partial charge in [0, 0.05) is 0 Å². The van der Waals surface area contributed by atoms with Gasteiger partial charge < -0.3 is 15.2 Å². The molecule has 0 aliphatic carbocycles. The monoisotopic (exact) mass is 291 g/mol. The van der Waals surface area contributed by atoms with Crippen molar-refractivity contribution in [1.29, 1.82) is 5.26 Å². The predicted octanol–water partition coefficient (Wildman–Crippen LogP) is 3.35. The number of hydrogen-bond donors (Lipinski definition) is 3. The van der Waals surface area contributed by atoms with E-state index in [2.05, 4.69) is 16.0 Å². The van der Waals surface area contributed by atoms with E-state index in [1.807, 2.05) is 25.1 Å². The third kappa shape index (κ3) is 2.50. The van der Waals surface area contributed by atoms with Gasteiger partial charge >= 0.3 is 0 Å². The summed E-state index contributed by atoms with van der Waals surface area (Å²) < 4.78 is 0. The lowest BCUT2D eigenvalue weighted by molar-refractivity contribution is 0.403. The maximum Gasteiger partial charge on any atom is 0.157 e. The van der Waals surface area contributed by atoms with E-state index in [1.54, 1.807) is 12.1 Å². The van der Waals surface area contributed by atoms with Crippen LogP contribution in [0.2, 0.25) is 0 Å². The lowest BCUT2D eigenvalue weighted by atomic mass is 10.1. The standard InChI is InChI=1S/C17H13N3O2/c1-10-2-4-13-14(6-10)20-17(19-13)12(9-18)7-11-3-5-15(21)16(22)8-11/h2-8,21-22H,1H3,(H,19,20)/b12-7+. The van der Waals surface area contributed by atoms with Crippen LogP contribution in [-0.4, -0.2) is 20.2 Å².